The maximum absolute atomic E-state index is 2.58. The van der Waals surface area contributed by atoms with Crippen LogP contribution in [0.5, 0.6) is 0 Å². The third-order valence-electron chi connectivity index (χ3n) is 5.68. The molecule has 0 saturated carbocycles. The highest BCUT2D eigenvalue weighted by Gasteiger charge is 2.22. The van der Waals surface area contributed by atoms with E-state index in [2.05, 4.69) is 52.0 Å². The maximum Gasteiger partial charge on any atom is -0.00547 e. The molecule has 2 aromatic rings. The van der Waals surface area contributed by atoms with E-state index in [1.54, 1.807) is 44.2 Å². The Hall–Kier alpha value is -1.56. The molecule has 0 spiro atoms. The largest absolute Gasteiger partial charge is 0.0651 e. The summed E-state index contributed by atoms with van der Waals surface area (Å²) < 4.78 is 0. The molecule has 25 heavy (non-hydrogen) atoms. The fourth-order valence-corrected chi connectivity index (χ4v) is 4.73. The lowest BCUT2D eigenvalue weighted by molar-refractivity contribution is 0.848. The van der Waals surface area contributed by atoms with E-state index in [0.717, 1.165) is 0 Å². The maximum atomic E-state index is 2.58. The average Bonchev–Trinajstić information content (AvgIpc) is 2.61. The van der Waals surface area contributed by atoms with Crippen LogP contribution in [-0.2, 0) is 19.3 Å². The van der Waals surface area contributed by atoms with Gasteiger partial charge in [0.1, 0.15) is 0 Å². The fraction of sp³-hybridized carbons (Fsp3) is 0.520. The lowest BCUT2D eigenvalue weighted by Crippen LogP contribution is -2.08. The molecular weight excluding hydrogens is 300 g/mol. The third kappa shape index (κ3) is 3.41. The average molecular weight is 335 g/mol. The molecule has 0 aromatic heterocycles. The van der Waals surface area contributed by atoms with Gasteiger partial charge in [-0.15, -0.1) is 0 Å². The van der Waals surface area contributed by atoms with Crippen LogP contribution in [0.1, 0.15) is 88.5 Å². The second-order valence-electron chi connectivity index (χ2n) is 7.66. The highest BCUT2D eigenvalue weighted by Crippen LogP contribution is 2.42. The van der Waals surface area contributed by atoms with E-state index in [9.17, 15) is 0 Å². The minimum Gasteiger partial charge on any atom is -0.0651 e. The molecule has 0 heterocycles. The first-order chi connectivity index (χ1) is 12.2. The Labute approximate surface area is 154 Å². The second-order valence-corrected chi connectivity index (χ2v) is 7.66. The van der Waals surface area contributed by atoms with Gasteiger partial charge in [0.2, 0.25) is 0 Å². The van der Waals surface area contributed by atoms with Gasteiger partial charge >= 0.3 is 0 Å². The van der Waals surface area contributed by atoms with Gasteiger partial charge in [0.15, 0.2) is 0 Å². The number of benzene rings is 2. The normalized spacial score (nSPS) is 13.8. The Kier molecular flexibility index (Phi) is 5.99. The molecule has 134 valence electrons. The predicted molar refractivity (Wildman–Crippen MR) is 112 cm³/mol. The van der Waals surface area contributed by atoms with Gasteiger partial charge in [-0.3, -0.25) is 0 Å². The van der Waals surface area contributed by atoms with Crippen molar-refractivity contribution in [2.45, 2.75) is 85.5 Å². The van der Waals surface area contributed by atoms with Gasteiger partial charge in [0, 0.05) is 0 Å². The van der Waals surface area contributed by atoms with Crippen molar-refractivity contribution in [2.75, 3.05) is 0 Å². The standard InChI is InChI=1S/C25H34/c1-5-10-18-16-20-14-9-15-23-21(12-7-3)19(11-6-2)17-24(25(20)23)22(18)13-8-4/h9,14-15,17H,5-8,10-13,16H2,1-4H3. The molecule has 0 bridgehead atoms. The van der Waals surface area contributed by atoms with Crippen molar-refractivity contribution < 1.29 is 0 Å². The van der Waals surface area contributed by atoms with Crippen molar-refractivity contribution in [1.29, 1.82) is 0 Å². The van der Waals surface area contributed by atoms with E-state index in [4.69, 9.17) is 0 Å². The van der Waals surface area contributed by atoms with E-state index in [1.807, 2.05) is 0 Å². The monoisotopic (exact) mass is 334 g/mol. The van der Waals surface area contributed by atoms with Crippen molar-refractivity contribution in [1.82, 2.24) is 0 Å². The Morgan fingerprint density at radius 3 is 2.20 bits per heavy atom. The van der Waals surface area contributed by atoms with Crippen molar-refractivity contribution in [2.24, 2.45) is 0 Å². The van der Waals surface area contributed by atoms with E-state index in [-0.39, 0.29) is 0 Å². The summed E-state index contributed by atoms with van der Waals surface area (Å²) in [5.74, 6) is 0. The van der Waals surface area contributed by atoms with E-state index < -0.39 is 0 Å². The van der Waals surface area contributed by atoms with Crippen LogP contribution in [0.15, 0.2) is 29.8 Å². The minimum absolute atomic E-state index is 1.17. The van der Waals surface area contributed by atoms with Crippen LogP contribution in [0.2, 0.25) is 0 Å². The molecule has 0 atom stereocenters. The summed E-state index contributed by atoms with van der Waals surface area (Å²) in [6, 6.07) is 9.64. The number of hydrogen-bond acceptors (Lipinski definition) is 0. The zero-order valence-corrected chi connectivity index (χ0v) is 16.7. The smallest absolute Gasteiger partial charge is 0.00547 e. The summed E-state index contributed by atoms with van der Waals surface area (Å²) in [5, 5.41) is 3.12. The zero-order chi connectivity index (χ0) is 17.8. The molecule has 3 rings (SSSR count). The Morgan fingerprint density at radius 1 is 0.800 bits per heavy atom. The summed E-state index contributed by atoms with van der Waals surface area (Å²) in [6.45, 7) is 9.27. The topological polar surface area (TPSA) is 0 Å². The van der Waals surface area contributed by atoms with Crippen molar-refractivity contribution in [3.05, 3.63) is 52.1 Å². The number of aryl methyl sites for hydroxylation is 2. The van der Waals surface area contributed by atoms with Gasteiger partial charge in [-0.1, -0.05) is 83.2 Å². The highest BCUT2D eigenvalue weighted by molar-refractivity contribution is 6.01. The molecule has 0 saturated heterocycles. The quantitative estimate of drug-likeness (QED) is 0.465. The van der Waals surface area contributed by atoms with Crippen molar-refractivity contribution >= 4 is 16.3 Å². The summed E-state index contributed by atoms with van der Waals surface area (Å²) in [5.41, 5.74) is 9.75. The summed E-state index contributed by atoms with van der Waals surface area (Å²) >= 11 is 0. The molecule has 0 nitrogen and oxygen atoms in total. The molecule has 0 unspecified atom stereocenters. The molecule has 1 aliphatic carbocycles. The predicted octanol–water partition coefficient (Wildman–Crippen LogP) is 7.65. The van der Waals surface area contributed by atoms with Gasteiger partial charge in [0.25, 0.3) is 0 Å². The molecule has 0 aliphatic heterocycles. The number of allylic oxidation sites excluding steroid dienone is 2. The Balaban J connectivity index is 2.31. The van der Waals surface area contributed by atoms with Crippen LogP contribution in [0.3, 0.4) is 0 Å². The van der Waals surface area contributed by atoms with Gasteiger partial charge in [-0.05, 0) is 70.7 Å². The molecule has 0 amide bonds. The van der Waals surface area contributed by atoms with E-state index in [0.29, 0.717) is 0 Å². The van der Waals surface area contributed by atoms with E-state index in [1.165, 1.54) is 57.8 Å². The fourth-order valence-electron chi connectivity index (χ4n) is 4.73. The van der Waals surface area contributed by atoms with Crippen LogP contribution in [-0.4, -0.2) is 0 Å². The van der Waals surface area contributed by atoms with Gasteiger partial charge in [0.05, 0.1) is 0 Å². The summed E-state index contributed by atoms with van der Waals surface area (Å²) in [6.07, 6.45) is 11.0. The molecular formula is C25H34. The molecule has 0 N–H and O–H groups in total. The molecule has 0 heteroatoms. The van der Waals surface area contributed by atoms with Gasteiger partial charge in [-0.25, -0.2) is 0 Å². The molecule has 0 fully saturated rings. The Bertz CT molecular complexity index is 776. The van der Waals surface area contributed by atoms with Crippen LogP contribution < -0.4 is 0 Å². The van der Waals surface area contributed by atoms with Crippen LogP contribution in [0.4, 0.5) is 0 Å². The molecule has 0 radical (unpaired) electrons. The SMILES string of the molecule is CCCC1=C(CCC)c2cc(CCC)c(CCC)c3cccc(c23)C1. The first-order valence-corrected chi connectivity index (χ1v) is 10.5. The van der Waals surface area contributed by atoms with Crippen LogP contribution in [0.25, 0.3) is 16.3 Å². The minimum atomic E-state index is 1.17. The lowest BCUT2D eigenvalue weighted by Gasteiger charge is -2.27. The summed E-state index contributed by atoms with van der Waals surface area (Å²) in [4.78, 5) is 0. The highest BCUT2D eigenvalue weighted by atomic mass is 14.3. The number of hydrogen-bond donors (Lipinski definition) is 0. The first kappa shape index (κ1) is 18.2. The third-order valence-corrected chi connectivity index (χ3v) is 5.68. The lowest BCUT2D eigenvalue weighted by atomic mass is 9.77. The Morgan fingerprint density at radius 2 is 1.52 bits per heavy atom. The number of rotatable bonds is 8. The van der Waals surface area contributed by atoms with Crippen molar-refractivity contribution in [3.63, 3.8) is 0 Å². The summed E-state index contributed by atoms with van der Waals surface area (Å²) in [7, 11) is 0. The first-order valence-electron chi connectivity index (χ1n) is 10.5. The second kappa shape index (κ2) is 8.21. The van der Waals surface area contributed by atoms with Crippen LogP contribution >= 0.6 is 0 Å². The molecule has 1 aliphatic rings. The molecule has 2 aromatic carbocycles. The van der Waals surface area contributed by atoms with Crippen molar-refractivity contribution in [3.8, 4) is 0 Å². The zero-order valence-electron chi connectivity index (χ0n) is 16.7. The van der Waals surface area contributed by atoms with Crippen LogP contribution in [0, 0.1) is 0 Å². The van der Waals surface area contributed by atoms with E-state index >= 15 is 0 Å². The van der Waals surface area contributed by atoms with Gasteiger partial charge < -0.3 is 0 Å². The van der Waals surface area contributed by atoms with Gasteiger partial charge in [-0.2, -0.15) is 0 Å².